The molecule has 0 aliphatic rings. The second-order valence-electron chi connectivity index (χ2n) is 5.31. The summed E-state index contributed by atoms with van der Waals surface area (Å²) in [6.45, 7) is 0. The number of anilines is 1. The van der Waals surface area contributed by atoms with E-state index < -0.39 is 20.0 Å². The fourth-order valence-electron chi connectivity index (χ4n) is 2.37. The normalized spacial score (nSPS) is 11.9. The molecule has 3 rings (SSSR count). The first-order valence-corrected chi connectivity index (χ1v) is 11.2. The Balaban J connectivity index is 2.28. The highest BCUT2D eigenvalue weighted by Gasteiger charge is 2.36. The second-order valence-corrected chi connectivity index (χ2v) is 10.0. The summed E-state index contributed by atoms with van der Waals surface area (Å²) in [6.07, 6.45) is 0. The van der Waals surface area contributed by atoms with Crippen LogP contribution in [-0.2, 0) is 20.0 Å². The molecule has 3 aromatic carbocycles. The van der Waals surface area contributed by atoms with Crippen molar-refractivity contribution in [2.24, 2.45) is 0 Å². The first kappa shape index (κ1) is 18.6. The van der Waals surface area contributed by atoms with Crippen LogP contribution in [0.3, 0.4) is 0 Å². The Morgan fingerprint density at radius 1 is 0.615 bits per heavy atom. The van der Waals surface area contributed by atoms with Crippen molar-refractivity contribution >= 4 is 41.7 Å². The van der Waals surface area contributed by atoms with Crippen molar-refractivity contribution in [2.75, 3.05) is 3.71 Å². The van der Waals surface area contributed by atoms with Crippen LogP contribution in [0.5, 0.6) is 0 Å². The molecular weight excluding hydrogens is 438 g/mol. The van der Waals surface area contributed by atoms with Crippen molar-refractivity contribution in [1.82, 2.24) is 0 Å². The lowest BCUT2D eigenvalue weighted by atomic mass is 10.3. The molecule has 0 atom stereocenters. The van der Waals surface area contributed by atoms with Gasteiger partial charge in [-0.2, -0.15) is 3.71 Å². The Hall–Kier alpha value is -2.16. The second kappa shape index (κ2) is 7.22. The fraction of sp³-hybridized carbons (Fsp3) is 0. The highest BCUT2D eigenvalue weighted by molar-refractivity contribution is 9.10. The van der Waals surface area contributed by atoms with E-state index in [4.69, 9.17) is 0 Å². The smallest absolute Gasteiger partial charge is 0.200 e. The zero-order chi connectivity index (χ0) is 18.8. The molecule has 0 aromatic heterocycles. The maximum absolute atomic E-state index is 13.2. The highest BCUT2D eigenvalue weighted by atomic mass is 79.9. The van der Waals surface area contributed by atoms with Gasteiger partial charge in [0.05, 0.1) is 15.5 Å². The molecule has 3 aromatic rings. The van der Waals surface area contributed by atoms with E-state index in [9.17, 15) is 16.8 Å². The van der Waals surface area contributed by atoms with E-state index in [1.807, 2.05) is 0 Å². The summed E-state index contributed by atoms with van der Waals surface area (Å²) in [6, 6.07) is 21.1. The summed E-state index contributed by atoms with van der Waals surface area (Å²) in [7, 11) is -8.70. The molecule has 5 nitrogen and oxygen atoms in total. The first-order valence-electron chi connectivity index (χ1n) is 7.50. The Labute approximate surface area is 161 Å². The summed E-state index contributed by atoms with van der Waals surface area (Å²) in [5.74, 6) is 0. The van der Waals surface area contributed by atoms with Crippen LogP contribution in [0.1, 0.15) is 0 Å². The van der Waals surface area contributed by atoms with Gasteiger partial charge < -0.3 is 0 Å². The number of hydrogen-bond acceptors (Lipinski definition) is 4. The Morgan fingerprint density at radius 3 is 1.50 bits per heavy atom. The molecule has 0 radical (unpaired) electrons. The largest absolute Gasteiger partial charge is 0.277 e. The van der Waals surface area contributed by atoms with Crippen molar-refractivity contribution < 1.29 is 16.8 Å². The van der Waals surface area contributed by atoms with Crippen LogP contribution >= 0.6 is 15.9 Å². The average molecular weight is 452 g/mol. The maximum atomic E-state index is 13.2. The molecule has 0 unspecified atom stereocenters. The van der Waals surface area contributed by atoms with Gasteiger partial charge in [-0.05, 0) is 42.5 Å². The van der Waals surface area contributed by atoms with Gasteiger partial charge in [-0.1, -0.05) is 58.4 Å². The van der Waals surface area contributed by atoms with E-state index >= 15 is 0 Å². The molecular formula is C18H14BrNO4S2. The molecule has 0 amide bonds. The molecule has 134 valence electrons. The van der Waals surface area contributed by atoms with E-state index in [1.54, 1.807) is 48.5 Å². The van der Waals surface area contributed by atoms with E-state index in [2.05, 4.69) is 15.9 Å². The van der Waals surface area contributed by atoms with Gasteiger partial charge in [0.25, 0.3) is 20.0 Å². The lowest BCUT2D eigenvalue weighted by Gasteiger charge is -2.24. The van der Waals surface area contributed by atoms with Gasteiger partial charge in [-0.3, -0.25) is 0 Å². The minimum Gasteiger partial charge on any atom is -0.200 e. The average Bonchev–Trinajstić information content (AvgIpc) is 2.63. The van der Waals surface area contributed by atoms with E-state index in [1.165, 1.54) is 36.4 Å². The molecule has 0 bridgehead atoms. The highest BCUT2D eigenvalue weighted by Crippen LogP contribution is 2.32. The number of hydrogen-bond donors (Lipinski definition) is 0. The van der Waals surface area contributed by atoms with Crippen LogP contribution in [0, 0.1) is 0 Å². The standard InChI is InChI=1S/C18H14BrNO4S2/c19-15-8-7-9-16(14-15)20(25(21,22)17-10-3-1-4-11-17)26(23,24)18-12-5-2-6-13-18/h1-14H. The van der Waals surface area contributed by atoms with Crippen LogP contribution in [0.4, 0.5) is 5.69 Å². The quantitative estimate of drug-likeness (QED) is 0.586. The van der Waals surface area contributed by atoms with E-state index in [0.29, 0.717) is 8.18 Å². The van der Waals surface area contributed by atoms with Crippen LogP contribution in [0.15, 0.2) is 99.2 Å². The molecule has 0 heterocycles. The van der Waals surface area contributed by atoms with Gasteiger partial charge in [0.15, 0.2) is 0 Å². The monoisotopic (exact) mass is 451 g/mol. The summed E-state index contributed by atoms with van der Waals surface area (Å²) >= 11 is 3.26. The summed E-state index contributed by atoms with van der Waals surface area (Å²) in [5.41, 5.74) is 0.0204. The van der Waals surface area contributed by atoms with Gasteiger partial charge in [0, 0.05) is 4.47 Å². The number of rotatable bonds is 5. The number of halogens is 1. The third kappa shape index (κ3) is 3.53. The molecule has 0 saturated heterocycles. The summed E-state index contributed by atoms with van der Waals surface area (Å²) < 4.78 is 53.8. The third-order valence-corrected chi connectivity index (χ3v) is 8.24. The minimum atomic E-state index is -4.35. The topological polar surface area (TPSA) is 71.5 Å². The number of sulfonamides is 2. The van der Waals surface area contributed by atoms with Crippen molar-refractivity contribution in [3.8, 4) is 0 Å². The molecule has 26 heavy (non-hydrogen) atoms. The van der Waals surface area contributed by atoms with E-state index in [0.717, 1.165) is 0 Å². The summed E-state index contributed by atoms with van der Waals surface area (Å²) in [5, 5.41) is 0. The molecule has 8 heteroatoms. The minimum absolute atomic E-state index is 0.0204. The van der Waals surface area contributed by atoms with Crippen LogP contribution in [0.2, 0.25) is 0 Å². The Kier molecular flexibility index (Phi) is 5.17. The molecule has 0 spiro atoms. The van der Waals surface area contributed by atoms with Crippen molar-refractivity contribution in [2.45, 2.75) is 9.79 Å². The third-order valence-electron chi connectivity index (χ3n) is 3.54. The zero-order valence-corrected chi connectivity index (χ0v) is 16.6. The van der Waals surface area contributed by atoms with Gasteiger partial charge in [0.2, 0.25) is 0 Å². The summed E-state index contributed by atoms with van der Waals surface area (Å²) in [4.78, 5) is -0.223. The van der Waals surface area contributed by atoms with Gasteiger partial charge in [-0.15, -0.1) is 0 Å². The van der Waals surface area contributed by atoms with Crippen LogP contribution in [-0.4, -0.2) is 16.8 Å². The van der Waals surface area contributed by atoms with Crippen LogP contribution < -0.4 is 3.71 Å². The number of benzene rings is 3. The number of nitrogens with zero attached hydrogens (tertiary/aromatic N) is 1. The van der Waals surface area contributed by atoms with Gasteiger partial charge >= 0.3 is 0 Å². The lowest BCUT2D eigenvalue weighted by Crippen LogP contribution is -2.37. The van der Waals surface area contributed by atoms with Crippen molar-refractivity contribution in [3.63, 3.8) is 0 Å². The fourth-order valence-corrected chi connectivity index (χ4v) is 6.48. The van der Waals surface area contributed by atoms with Crippen LogP contribution in [0.25, 0.3) is 0 Å². The Morgan fingerprint density at radius 2 is 1.08 bits per heavy atom. The predicted molar refractivity (Wildman–Crippen MR) is 104 cm³/mol. The van der Waals surface area contributed by atoms with Gasteiger partial charge in [0.1, 0.15) is 0 Å². The van der Waals surface area contributed by atoms with Crippen molar-refractivity contribution in [1.29, 1.82) is 0 Å². The molecule has 0 saturated carbocycles. The van der Waals surface area contributed by atoms with Crippen molar-refractivity contribution in [3.05, 3.63) is 89.4 Å². The van der Waals surface area contributed by atoms with Gasteiger partial charge in [-0.25, -0.2) is 16.8 Å². The predicted octanol–water partition coefficient (Wildman–Crippen LogP) is 4.03. The lowest BCUT2D eigenvalue weighted by molar-refractivity contribution is 0.584. The molecule has 0 aliphatic carbocycles. The molecule has 0 fully saturated rings. The van der Waals surface area contributed by atoms with E-state index in [-0.39, 0.29) is 15.5 Å². The SMILES string of the molecule is O=S(=O)(c1ccccc1)N(c1cccc(Br)c1)S(=O)(=O)c1ccccc1. The first-order chi connectivity index (χ1) is 12.3. The Bertz CT molecular complexity index is 1050. The molecule has 0 aliphatic heterocycles. The zero-order valence-electron chi connectivity index (χ0n) is 13.4. The maximum Gasteiger partial charge on any atom is 0.277 e. The molecule has 0 N–H and O–H groups in total.